The molecule has 0 saturated carbocycles. The van der Waals surface area contributed by atoms with Crippen molar-refractivity contribution in [2.45, 2.75) is 53.0 Å². The Morgan fingerprint density at radius 1 is 0.660 bits per heavy atom. The van der Waals surface area contributed by atoms with E-state index in [1.165, 1.54) is 50.7 Å². The predicted molar refractivity (Wildman–Crippen MR) is 217 cm³/mol. The molecule has 0 fully saturated rings. The van der Waals surface area contributed by atoms with E-state index in [1.807, 2.05) is 0 Å². The second kappa shape index (κ2) is 16.1. The molecular formula is C48H52N2. The molecule has 0 N–H and O–H groups in total. The molecule has 0 aromatic heterocycles. The Bertz CT molecular complexity index is 1890. The van der Waals surface area contributed by atoms with Gasteiger partial charge in [-0.2, -0.15) is 0 Å². The SMILES string of the molecule is C=C.CC1=CC(N(/C2=C/C3C(C=C(N(c4ccccc4)c4cccc(C)c4)C4=CC=CCC43)C/C=C\C=C/C2C)c2cccc(C)c2)CC=C1. The average Bonchev–Trinajstić information content (AvgIpc) is 3.13. The maximum atomic E-state index is 3.00. The minimum Gasteiger partial charge on any atom is -0.338 e. The van der Waals surface area contributed by atoms with Gasteiger partial charge in [0.25, 0.3) is 0 Å². The molecule has 7 rings (SSSR count). The van der Waals surface area contributed by atoms with E-state index in [9.17, 15) is 0 Å². The van der Waals surface area contributed by atoms with Gasteiger partial charge in [0.1, 0.15) is 0 Å². The summed E-state index contributed by atoms with van der Waals surface area (Å²) in [4.78, 5) is 5.15. The molecule has 3 aromatic carbocycles. The van der Waals surface area contributed by atoms with Gasteiger partial charge in [-0.25, -0.2) is 0 Å². The fraction of sp³-hybridized carbons (Fsp3) is 0.250. The third-order valence-corrected chi connectivity index (χ3v) is 10.3. The molecule has 5 unspecified atom stereocenters. The van der Waals surface area contributed by atoms with E-state index in [4.69, 9.17) is 0 Å². The molecule has 50 heavy (non-hydrogen) atoms. The molecule has 0 amide bonds. The van der Waals surface area contributed by atoms with E-state index in [-0.39, 0.29) is 12.0 Å². The number of nitrogens with zero attached hydrogens (tertiary/aromatic N) is 2. The zero-order valence-corrected chi connectivity index (χ0v) is 30.3. The normalized spacial score (nSPS) is 26.2. The van der Waals surface area contributed by atoms with Crippen LogP contribution in [0.3, 0.4) is 0 Å². The highest BCUT2D eigenvalue weighted by Crippen LogP contribution is 2.49. The molecule has 4 aliphatic rings. The van der Waals surface area contributed by atoms with Gasteiger partial charge in [-0.15, -0.1) is 13.2 Å². The Labute approximate surface area is 301 Å². The molecular weight excluding hydrogens is 605 g/mol. The third-order valence-electron chi connectivity index (χ3n) is 10.3. The van der Waals surface area contributed by atoms with Crippen LogP contribution in [0.15, 0.2) is 187 Å². The molecule has 0 bridgehead atoms. The minimum atomic E-state index is 0.249. The van der Waals surface area contributed by atoms with Crippen LogP contribution in [0, 0.1) is 37.5 Å². The molecule has 5 atom stereocenters. The number of rotatable bonds is 6. The van der Waals surface area contributed by atoms with E-state index in [2.05, 4.69) is 202 Å². The Kier molecular flexibility index (Phi) is 11.2. The quantitative estimate of drug-likeness (QED) is 0.244. The number of allylic oxidation sites excluding steroid dienone is 12. The van der Waals surface area contributed by atoms with Gasteiger partial charge < -0.3 is 9.80 Å². The summed E-state index contributed by atoms with van der Waals surface area (Å²) in [6.07, 6.45) is 31.8. The van der Waals surface area contributed by atoms with Gasteiger partial charge in [0.15, 0.2) is 0 Å². The average molecular weight is 657 g/mol. The standard InChI is InChI=1S/C46H48N2.C2H4/c1-33-16-13-23-39(28-33)47(38-21-9-6-10-22-38)46-31-37-20-8-5-7-19-36(4)45(32-44(37)42-26-11-12-27-43(42)46)48(40-24-14-17-34(2)29-40)41-25-15-18-35(3)30-41;1-2/h5-19,21-24,27-32,36-37,41-42,44H,20,25-26H2,1-4H3;1-2H2/b8-5-,19-7-,45-32+;. The summed E-state index contributed by atoms with van der Waals surface area (Å²) in [6.45, 7) is 15.0. The first-order valence-electron chi connectivity index (χ1n) is 18.2. The lowest BCUT2D eigenvalue weighted by atomic mass is 9.67. The summed E-state index contributed by atoms with van der Waals surface area (Å²) in [7, 11) is 0. The summed E-state index contributed by atoms with van der Waals surface area (Å²) < 4.78 is 0. The first-order chi connectivity index (χ1) is 24.5. The fourth-order valence-electron chi connectivity index (χ4n) is 8.04. The number of anilines is 3. The second-order valence-corrected chi connectivity index (χ2v) is 13.9. The van der Waals surface area contributed by atoms with Crippen molar-refractivity contribution in [1.82, 2.24) is 0 Å². The number of fused-ring (bicyclic) bond motifs is 3. The maximum Gasteiger partial charge on any atom is 0.0559 e. The highest BCUT2D eigenvalue weighted by Gasteiger charge is 2.39. The summed E-state index contributed by atoms with van der Waals surface area (Å²) in [5, 5.41) is 0. The van der Waals surface area contributed by atoms with Crippen molar-refractivity contribution in [2.24, 2.45) is 23.7 Å². The lowest BCUT2D eigenvalue weighted by molar-refractivity contribution is 0.341. The summed E-state index contributed by atoms with van der Waals surface area (Å²) >= 11 is 0. The molecule has 0 saturated heterocycles. The highest BCUT2D eigenvalue weighted by molar-refractivity contribution is 5.73. The Balaban J connectivity index is 0.00000212. The molecule has 2 nitrogen and oxygen atoms in total. The number of hydrogen-bond acceptors (Lipinski definition) is 2. The largest absolute Gasteiger partial charge is 0.338 e. The van der Waals surface area contributed by atoms with E-state index in [1.54, 1.807) is 0 Å². The molecule has 2 heteroatoms. The molecule has 0 aliphatic heterocycles. The van der Waals surface area contributed by atoms with Crippen LogP contribution in [0.4, 0.5) is 17.1 Å². The zero-order valence-electron chi connectivity index (χ0n) is 30.3. The van der Waals surface area contributed by atoms with Crippen molar-refractivity contribution in [3.8, 4) is 0 Å². The molecule has 0 heterocycles. The van der Waals surface area contributed by atoms with Crippen LogP contribution in [-0.4, -0.2) is 6.04 Å². The molecule has 0 radical (unpaired) electrons. The first-order valence-corrected chi connectivity index (χ1v) is 18.2. The van der Waals surface area contributed by atoms with Crippen LogP contribution >= 0.6 is 0 Å². The lowest BCUT2D eigenvalue weighted by Gasteiger charge is -2.44. The lowest BCUT2D eigenvalue weighted by Crippen LogP contribution is -2.38. The number of benzene rings is 3. The highest BCUT2D eigenvalue weighted by atomic mass is 15.2. The van der Waals surface area contributed by atoms with Gasteiger partial charge in [-0.1, -0.05) is 128 Å². The van der Waals surface area contributed by atoms with E-state index >= 15 is 0 Å². The van der Waals surface area contributed by atoms with Gasteiger partial charge in [-0.05, 0) is 111 Å². The van der Waals surface area contributed by atoms with Crippen LogP contribution in [0.25, 0.3) is 0 Å². The van der Waals surface area contributed by atoms with Crippen molar-refractivity contribution in [3.05, 3.63) is 199 Å². The van der Waals surface area contributed by atoms with Crippen LogP contribution < -0.4 is 9.80 Å². The molecule has 0 spiro atoms. The van der Waals surface area contributed by atoms with Crippen molar-refractivity contribution < 1.29 is 0 Å². The first kappa shape index (κ1) is 34.8. The molecule has 254 valence electrons. The summed E-state index contributed by atoms with van der Waals surface area (Å²) in [5.74, 6) is 1.32. The van der Waals surface area contributed by atoms with E-state index < -0.39 is 0 Å². The van der Waals surface area contributed by atoms with Crippen LogP contribution in [0.5, 0.6) is 0 Å². The fourth-order valence-corrected chi connectivity index (χ4v) is 8.04. The van der Waals surface area contributed by atoms with Crippen LogP contribution in [0.2, 0.25) is 0 Å². The van der Waals surface area contributed by atoms with Gasteiger partial charge in [0.05, 0.1) is 6.04 Å². The third kappa shape index (κ3) is 7.55. The maximum absolute atomic E-state index is 3.00. The minimum absolute atomic E-state index is 0.249. The Hall–Kier alpha value is -5.08. The Morgan fingerprint density at radius 3 is 2.10 bits per heavy atom. The van der Waals surface area contributed by atoms with Crippen molar-refractivity contribution in [2.75, 3.05) is 9.80 Å². The van der Waals surface area contributed by atoms with E-state index in [0.29, 0.717) is 17.8 Å². The zero-order chi connectivity index (χ0) is 35.0. The van der Waals surface area contributed by atoms with Crippen LogP contribution in [-0.2, 0) is 0 Å². The van der Waals surface area contributed by atoms with Crippen LogP contribution in [0.1, 0.15) is 44.2 Å². The van der Waals surface area contributed by atoms with Crippen molar-refractivity contribution >= 4 is 17.1 Å². The second-order valence-electron chi connectivity index (χ2n) is 13.9. The smallest absolute Gasteiger partial charge is 0.0559 e. The van der Waals surface area contributed by atoms with Crippen molar-refractivity contribution in [1.29, 1.82) is 0 Å². The predicted octanol–water partition coefficient (Wildman–Crippen LogP) is 12.7. The topological polar surface area (TPSA) is 6.48 Å². The monoisotopic (exact) mass is 656 g/mol. The van der Waals surface area contributed by atoms with Gasteiger partial charge >= 0.3 is 0 Å². The number of aryl methyl sites for hydroxylation is 2. The molecule has 4 aliphatic carbocycles. The number of para-hydroxylation sites is 1. The van der Waals surface area contributed by atoms with E-state index in [0.717, 1.165) is 19.3 Å². The van der Waals surface area contributed by atoms with Gasteiger partial charge in [-0.3, -0.25) is 0 Å². The van der Waals surface area contributed by atoms with Gasteiger partial charge in [0, 0.05) is 34.4 Å². The van der Waals surface area contributed by atoms with Gasteiger partial charge in [0.2, 0.25) is 0 Å². The number of hydrogen-bond donors (Lipinski definition) is 0. The molecule has 3 aromatic rings. The summed E-state index contributed by atoms with van der Waals surface area (Å²) in [6, 6.07) is 29.2. The summed E-state index contributed by atoms with van der Waals surface area (Å²) in [5.41, 5.74) is 11.7. The van der Waals surface area contributed by atoms with Crippen molar-refractivity contribution in [3.63, 3.8) is 0 Å². The Morgan fingerprint density at radius 2 is 1.36 bits per heavy atom.